The largest absolute Gasteiger partial charge is 0.385 e. The normalized spacial score (nSPS) is 21.0. The van der Waals surface area contributed by atoms with Crippen LogP contribution in [0.25, 0.3) is 5.70 Å². The Bertz CT molecular complexity index is 562. The van der Waals surface area contributed by atoms with E-state index in [0.717, 1.165) is 19.6 Å². The smallest absolute Gasteiger partial charge is 0.168 e. The summed E-state index contributed by atoms with van der Waals surface area (Å²) < 4.78 is 0. The van der Waals surface area contributed by atoms with Crippen molar-refractivity contribution in [3.8, 4) is 0 Å². The number of rotatable bonds is 1. The molecule has 3 nitrogen and oxygen atoms in total. The number of aryl methyl sites for hydroxylation is 1. The minimum absolute atomic E-state index is 0.937. The number of fused-ring (bicyclic) bond motifs is 2. The Hall–Kier alpha value is -1.42. The standard InChI is InChI=1S/C14H15N3S/c1-2-10-8-11(3-4-12(10)15-5-1)13-9-18-14-16-6-7-17(13)14/h3-4,8-9,15H,1-2,5-7H2. The number of anilines is 1. The number of aliphatic imine (C=N–C) groups is 1. The maximum absolute atomic E-state index is 4.50. The average Bonchev–Trinajstić information content (AvgIpc) is 3.00. The molecule has 0 radical (unpaired) electrons. The van der Waals surface area contributed by atoms with E-state index in [1.807, 2.05) is 0 Å². The van der Waals surface area contributed by atoms with Crippen molar-refractivity contribution in [3.63, 3.8) is 0 Å². The molecule has 1 aromatic rings. The van der Waals surface area contributed by atoms with Crippen molar-refractivity contribution in [2.24, 2.45) is 4.99 Å². The Morgan fingerprint density at radius 1 is 1.33 bits per heavy atom. The number of amidine groups is 1. The fraction of sp³-hybridized carbons (Fsp3) is 0.357. The summed E-state index contributed by atoms with van der Waals surface area (Å²) in [5.74, 6) is 0. The zero-order chi connectivity index (χ0) is 11.9. The van der Waals surface area contributed by atoms with E-state index in [-0.39, 0.29) is 0 Å². The second-order valence-electron chi connectivity index (χ2n) is 4.84. The summed E-state index contributed by atoms with van der Waals surface area (Å²) in [5.41, 5.74) is 5.42. The molecular formula is C14H15N3S. The lowest BCUT2D eigenvalue weighted by atomic mass is 9.99. The van der Waals surface area contributed by atoms with Crippen molar-refractivity contribution in [1.82, 2.24) is 4.90 Å². The molecule has 0 fully saturated rings. The van der Waals surface area contributed by atoms with Gasteiger partial charge in [0.2, 0.25) is 0 Å². The molecule has 0 amide bonds. The lowest BCUT2D eigenvalue weighted by molar-refractivity contribution is 0.649. The second kappa shape index (κ2) is 4.05. The van der Waals surface area contributed by atoms with Crippen molar-refractivity contribution in [2.75, 3.05) is 25.0 Å². The van der Waals surface area contributed by atoms with Crippen LogP contribution in [0, 0.1) is 0 Å². The number of nitrogens with zero attached hydrogens (tertiary/aromatic N) is 2. The molecule has 0 saturated carbocycles. The molecule has 3 heterocycles. The highest BCUT2D eigenvalue weighted by Crippen LogP contribution is 2.36. The van der Waals surface area contributed by atoms with E-state index >= 15 is 0 Å². The summed E-state index contributed by atoms with van der Waals surface area (Å²) in [6.45, 7) is 3.07. The SMILES string of the molecule is C1=C(c2ccc3c(c2)CCCN3)N2CCN=C2S1. The third-order valence-electron chi connectivity index (χ3n) is 3.71. The number of thioether (sulfide) groups is 1. The molecule has 0 bridgehead atoms. The first-order chi connectivity index (χ1) is 8.92. The third kappa shape index (κ3) is 1.56. The predicted octanol–water partition coefficient (Wildman–Crippen LogP) is 2.76. The van der Waals surface area contributed by atoms with E-state index in [2.05, 4.69) is 38.8 Å². The molecule has 0 unspecified atom stereocenters. The van der Waals surface area contributed by atoms with Gasteiger partial charge < -0.3 is 10.2 Å². The highest BCUT2D eigenvalue weighted by Gasteiger charge is 2.27. The second-order valence-corrected chi connectivity index (χ2v) is 5.68. The van der Waals surface area contributed by atoms with Gasteiger partial charge in [-0.25, -0.2) is 0 Å². The third-order valence-corrected chi connectivity index (χ3v) is 4.61. The molecule has 92 valence electrons. The maximum atomic E-state index is 4.50. The van der Waals surface area contributed by atoms with Crippen LogP contribution < -0.4 is 5.32 Å². The zero-order valence-corrected chi connectivity index (χ0v) is 11.0. The molecule has 18 heavy (non-hydrogen) atoms. The summed E-state index contributed by atoms with van der Waals surface area (Å²) in [6, 6.07) is 6.79. The van der Waals surface area contributed by atoms with Gasteiger partial charge in [-0.1, -0.05) is 17.8 Å². The first-order valence-electron chi connectivity index (χ1n) is 6.48. The van der Waals surface area contributed by atoms with Crippen molar-refractivity contribution in [3.05, 3.63) is 34.7 Å². The Labute approximate surface area is 111 Å². The van der Waals surface area contributed by atoms with Crippen molar-refractivity contribution in [1.29, 1.82) is 0 Å². The summed E-state index contributed by atoms with van der Waals surface area (Å²) >= 11 is 1.75. The van der Waals surface area contributed by atoms with Crippen LogP contribution >= 0.6 is 11.8 Å². The Morgan fingerprint density at radius 2 is 2.33 bits per heavy atom. The topological polar surface area (TPSA) is 27.6 Å². The number of benzene rings is 1. The van der Waals surface area contributed by atoms with Crippen LogP contribution in [-0.4, -0.2) is 29.7 Å². The van der Waals surface area contributed by atoms with Gasteiger partial charge in [-0.2, -0.15) is 0 Å². The number of hydrogen-bond donors (Lipinski definition) is 1. The first kappa shape index (κ1) is 10.5. The van der Waals surface area contributed by atoms with E-state index in [0.29, 0.717) is 0 Å². The van der Waals surface area contributed by atoms with Gasteiger partial charge in [0, 0.05) is 24.2 Å². The van der Waals surface area contributed by atoms with Gasteiger partial charge in [-0.3, -0.25) is 4.99 Å². The molecule has 0 atom stereocenters. The molecule has 3 aliphatic rings. The molecule has 3 aliphatic heterocycles. The van der Waals surface area contributed by atoms with E-state index in [9.17, 15) is 0 Å². The Balaban J connectivity index is 1.71. The molecule has 0 aliphatic carbocycles. The summed E-state index contributed by atoms with van der Waals surface area (Å²) in [5, 5.41) is 6.86. The van der Waals surface area contributed by atoms with Crippen LogP contribution in [0.2, 0.25) is 0 Å². The maximum Gasteiger partial charge on any atom is 0.168 e. The van der Waals surface area contributed by atoms with E-state index in [1.165, 1.54) is 40.5 Å². The van der Waals surface area contributed by atoms with Gasteiger partial charge in [0.25, 0.3) is 0 Å². The van der Waals surface area contributed by atoms with Crippen LogP contribution in [0.15, 0.2) is 28.6 Å². The van der Waals surface area contributed by atoms with Gasteiger partial charge in [-0.15, -0.1) is 0 Å². The molecule has 0 saturated heterocycles. The summed E-state index contributed by atoms with van der Waals surface area (Å²) in [6.07, 6.45) is 2.43. The van der Waals surface area contributed by atoms with Gasteiger partial charge >= 0.3 is 0 Å². The molecule has 4 heteroatoms. The van der Waals surface area contributed by atoms with Gasteiger partial charge in [0.05, 0.1) is 12.2 Å². The van der Waals surface area contributed by atoms with E-state index < -0.39 is 0 Å². The first-order valence-corrected chi connectivity index (χ1v) is 7.36. The zero-order valence-electron chi connectivity index (χ0n) is 10.1. The van der Waals surface area contributed by atoms with Crippen LogP contribution in [0.3, 0.4) is 0 Å². The molecule has 1 N–H and O–H groups in total. The number of nitrogens with one attached hydrogen (secondary N) is 1. The summed E-state index contributed by atoms with van der Waals surface area (Å²) in [4.78, 5) is 6.84. The van der Waals surface area contributed by atoms with Crippen LogP contribution in [0.4, 0.5) is 5.69 Å². The van der Waals surface area contributed by atoms with E-state index in [1.54, 1.807) is 11.8 Å². The van der Waals surface area contributed by atoms with Crippen LogP contribution in [0.1, 0.15) is 17.5 Å². The fourth-order valence-corrected chi connectivity index (χ4v) is 3.74. The lowest BCUT2D eigenvalue weighted by Crippen LogP contribution is -2.20. The molecule has 0 aromatic heterocycles. The van der Waals surface area contributed by atoms with Crippen molar-refractivity contribution < 1.29 is 0 Å². The minimum atomic E-state index is 0.937. The van der Waals surface area contributed by atoms with E-state index in [4.69, 9.17) is 0 Å². The number of hydrogen-bond acceptors (Lipinski definition) is 4. The quantitative estimate of drug-likeness (QED) is 0.838. The van der Waals surface area contributed by atoms with Gasteiger partial charge in [0.1, 0.15) is 0 Å². The summed E-state index contributed by atoms with van der Waals surface area (Å²) in [7, 11) is 0. The van der Waals surface area contributed by atoms with Crippen LogP contribution in [0.5, 0.6) is 0 Å². The predicted molar refractivity (Wildman–Crippen MR) is 77.8 cm³/mol. The highest BCUT2D eigenvalue weighted by molar-refractivity contribution is 8.16. The fourth-order valence-electron chi connectivity index (χ4n) is 2.78. The molecule has 4 rings (SSSR count). The average molecular weight is 257 g/mol. The Morgan fingerprint density at radius 3 is 3.33 bits per heavy atom. The van der Waals surface area contributed by atoms with Crippen LogP contribution in [-0.2, 0) is 6.42 Å². The van der Waals surface area contributed by atoms with Crippen molar-refractivity contribution >= 4 is 28.3 Å². The molecular weight excluding hydrogens is 242 g/mol. The lowest BCUT2D eigenvalue weighted by Gasteiger charge is -2.21. The van der Waals surface area contributed by atoms with Crippen molar-refractivity contribution in [2.45, 2.75) is 12.8 Å². The molecule has 1 aromatic carbocycles. The minimum Gasteiger partial charge on any atom is -0.385 e. The molecule has 0 spiro atoms. The van der Waals surface area contributed by atoms with Gasteiger partial charge in [0.15, 0.2) is 5.17 Å². The van der Waals surface area contributed by atoms with Gasteiger partial charge in [-0.05, 0) is 36.1 Å². The monoisotopic (exact) mass is 257 g/mol. The highest BCUT2D eigenvalue weighted by atomic mass is 32.2. The Kier molecular flexibility index (Phi) is 2.36.